The highest BCUT2D eigenvalue weighted by Crippen LogP contribution is 2.49. The van der Waals surface area contributed by atoms with Gasteiger partial charge in [0.25, 0.3) is 0 Å². The Kier molecular flexibility index (Phi) is 8.20. The Bertz CT molecular complexity index is 3130. The molecular weight excluding hydrogens is 709 g/mol. The Balaban J connectivity index is 1.05. The first-order valence-electron chi connectivity index (χ1n) is 18.7. The maximum atomic E-state index is 9.40. The topological polar surface area (TPSA) is 71.2 Å². The van der Waals surface area contributed by atoms with Crippen LogP contribution >= 0.6 is 0 Å². The molecular formula is C52H28N6. The molecule has 0 aliphatic heterocycles. The van der Waals surface area contributed by atoms with Crippen molar-refractivity contribution < 1.29 is 0 Å². The van der Waals surface area contributed by atoms with E-state index < -0.39 is 0 Å². The van der Waals surface area contributed by atoms with Crippen molar-refractivity contribution in [2.75, 3.05) is 0 Å². The van der Waals surface area contributed by atoms with Crippen molar-refractivity contribution in [2.45, 2.75) is 0 Å². The van der Waals surface area contributed by atoms with Gasteiger partial charge in [0.2, 0.25) is 0 Å². The number of nitriles is 1. The third-order valence-electron chi connectivity index (χ3n) is 10.8. The van der Waals surface area contributed by atoms with Gasteiger partial charge in [-0.1, -0.05) is 146 Å². The van der Waals surface area contributed by atoms with Crippen molar-refractivity contribution >= 4 is 22.1 Å². The molecule has 0 saturated heterocycles. The average Bonchev–Trinajstić information content (AvgIpc) is 3.63. The first-order chi connectivity index (χ1) is 28.6. The van der Waals surface area contributed by atoms with E-state index in [1.165, 1.54) is 38.6 Å². The minimum atomic E-state index is 0.461. The molecule has 0 fully saturated rings. The Labute approximate surface area is 335 Å². The Morgan fingerprint density at radius 1 is 0.397 bits per heavy atom. The number of hydrogen-bond donors (Lipinski definition) is 0. The fourth-order valence-corrected chi connectivity index (χ4v) is 7.99. The lowest BCUT2D eigenvalue weighted by Crippen LogP contribution is -2.01. The standard InChI is InChI=1S/C52H28N6/c1-54-38-25-22-36(23-26-38)51-56-50(35-16-14-32(31-53)15-17-35)57-52(58-51)46-11-6-3-8-39(46)37-24-29-48(55-2)47(30-37)34-20-18-33(19-21-34)40-27-28-45-42-10-5-4-9-41(42)44-13-7-12-43(40)49(44)45/h3-30H. The second-order valence-electron chi connectivity index (χ2n) is 14.1. The van der Waals surface area contributed by atoms with E-state index in [2.05, 4.69) is 101 Å². The van der Waals surface area contributed by atoms with Gasteiger partial charge >= 0.3 is 0 Å². The van der Waals surface area contributed by atoms with Gasteiger partial charge in [0, 0.05) is 16.7 Å². The van der Waals surface area contributed by atoms with Crippen molar-refractivity contribution in [2.24, 2.45) is 0 Å². The summed E-state index contributed by atoms with van der Waals surface area (Å²) in [5.74, 6) is 1.40. The van der Waals surface area contributed by atoms with Crippen LogP contribution in [0.15, 0.2) is 170 Å². The Hall–Kier alpha value is -8.50. The Morgan fingerprint density at radius 3 is 1.55 bits per heavy atom. The molecule has 0 radical (unpaired) electrons. The maximum Gasteiger partial charge on any atom is 0.194 e. The van der Waals surface area contributed by atoms with E-state index in [0.717, 1.165) is 44.5 Å². The van der Waals surface area contributed by atoms with E-state index >= 15 is 0 Å². The lowest BCUT2D eigenvalue weighted by atomic mass is 9.92. The summed E-state index contributed by atoms with van der Waals surface area (Å²) in [6.45, 7) is 15.5. The van der Waals surface area contributed by atoms with Crippen LogP contribution < -0.4 is 0 Å². The number of nitrogens with zero attached hydrogens (tertiary/aromatic N) is 6. The van der Waals surface area contributed by atoms with Crippen LogP contribution in [0.2, 0.25) is 0 Å². The monoisotopic (exact) mass is 736 g/mol. The third kappa shape index (κ3) is 5.76. The molecule has 0 amide bonds. The lowest BCUT2D eigenvalue weighted by molar-refractivity contribution is 1.07. The summed E-state index contributed by atoms with van der Waals surface area (Å²) in [4.78, 5) is 22.2. The largest absolute Gasteiger partial charge is 0.238 e. The van der Waals surface area contributed by atoms with Crippen molar-refractivity contribution in [3.8, 4) is 95.9 Å². The molecule has 0 unspecified atom stereocenters. The highest BCUT2D eigenvalue weighted by Gasteiger charge is 2.22. The van der Waals surface area contributed by atoms with Crippen LogP contribution in [0.5, 0.6) is 0 Å². The minimum Gasteiger partial charge on any atom is -0.238 e. The minimum absolute atomic E-state index is 0.461. The molecule has 9 aromatic rings. The van der Waals surface area contributed by atoms with Crippen molar-refractivity contribution in [3.63, 3.8) is 0 Å². The average molecular weight is 737 g/mol. The van der Waals surface area contributed by atoms with Crippen LogP contribution in [0.4, 0.5) is 11.4 Å². The van der Waals surface area contributed by atoms with Crippen molar-refractivity contribution in [1.29, 1.82) is 5.26 Å². The number of fused-ring (bicyclic) bond motifs is 3. The van der Waals surface area contributed by atoms with Crippen LogP contribution in [-0.2, 0) is 0 Å². The van der Waals surface area contributed by atoms with Gasteiger partial charge in [0.15, 0.2) is 28.8 Å². The summed E-state index contributed by atoms with van der Waals surface area (Å²) in [7, 11) is 0. The van der Waals surface area contributed by atoms with E-state index in [9.17, 15) is 5.26 Å². The SMILES string of the molecule is [C-]#[N+]c1ccc(-c2nc(-c3ccc(C#N)cc3)nc(-c3ccccc3-c3ccc([N+]#[C-])c(-c4ccc(-c5ccc6c7c(cccc57)-c5ccccc5-6)cc4)c3)n2)cc1. The predicted octanol–water partition coefficient (Wildman–Crippen LogP) is 13.6. The molecule has 1 aliphatic rings. The van der Waals surface area contributed by atoms with Gasteiger partial charge < -0.3 is 0 Å². The van der Waals surface area contributed by atoms with Gasteiger partial charge in [-0.15, -0.1) is 0 Å². The van der Waals surface area contributed by atoms with E-state index in [1.807, 2.05) is 60.7 Å². The molecule has 1 aliphatic carbocycles. The first-order valence-corrected chi connectivity index (χ1v) is 18.7. The van der Waals surface area contributed by atoms with E-state index in [0.29, 0.717) is 34.4 Å². The van der Waals surface area contributed by atoms with Gasteiger partial charge in [-0.3, -0.25) is 0 Å². The summed E-state index contributed by atoms with van der Waals surface area (Å²) in [5.41, 5.74) is 14.9. The zero-order chi connectivity index (χ0) is 39.2. The number of rotatable bonds is 6. The maximum absolute atomic E-state index is 9.40. The van der Waals surface area contributed by atoms with Gasteiger partial charge in [-0.2, -0.15) is 5.26 Å². The van der Waals surface area contributed by atoms with Crippen molar-refractivity contribution in [1.82, 2.24) is 15.0 Å². The van der Waals surface area contributed by atoms with Crippen molar-refractivity contribution in [3.05, 3.63) is 198 Å². The molecule has 266 valence electrons. The smallest absolute Gasteiger partial charge is 0.194 e. The van der Waals surface area contributed by atoms with E-state index in [-0.39, 0.29) is 0 Å². The summed E-state index contributed by atoms with van der Waals surface area (Å²) < 4.78 is 0. The molecule has 0 bridgehead atoms. The van der Waals surface area contributed by atoms with Gasteiger partial charge in [0.05, 0.1) is 24.8 Å². The molecule has 0 atom stereocenters. The zero-order valence-electron chi connectivity index (χ0n) is 30.8. The Morgan fingerprint density at radius 2 is 0.914 bits per heavy atom. The zero-order valence-corrected chi connectivity index (χ0v) is 30.8. The molecule has 10 rings (SSSR count). The van der Waals surface area contributed by atoms with Crippen LogP contribution in [0.1, 0.15) is 5.56 Å². The predicted molar refractivity (Wildman–Crippen MR) is 232 cm³/mol. The summed E-state index contributed by atoms with van der Waals surface area (Å²) in [5, 5.41) is 11.9. The van der Waals surface area contributed by atoms with Gasteiger partial charge in [0.1, 0.15) is 0 Å². The molecule has 1 aromatic heterocycles. The number of benzene rings is 8. The molecule has 8 aromatic carbocycles. The second kappa shape index (κ2) is 14.0. The first kappa shape index (κ1) is 34.0. The quantitative estimate of drug-likeness (QED) is 0.159. The fourth-order valence-electron chi connectivity index (χ4n) is 7.99. The molecule has 6 nitrogen and oxygen atoms in total. The van der Waals surface area contributed by atoms with Crippen LogP contribution in [0, 0.1) is 24.5 Å². The number of aromatic nitrogens is 3. The molecule has 0 saturated carbocycles. The summed E-state index contributed by atoms with van der Waals surface area (Å²) in [6, 6.07) is 58.6. The molecule has 0 spiro atoms. The highest BCUT2D eigenvalue weighted by molar-refractivity contribution is 6.18. The van der Waals surface area contributed by atoms with Crippen LogP contribution in [0.3, 0.4) is 0 Å². The molecule has 0 N–H and O–H groups in total. The third-order valence-corrected chi connectivity index (χ3v) is 10.8. The molecule has 6 heteroatoms. The lowest BCUT2D eigenvalue weighted by Gasteiger charge is -2.14. The van der Waals surface area contributed by atoms with Crippen LogP contribution in [0.25, 0.3) is 110 Å². The highest BCUT2D eigenvalue weighted by atomic mass is 15.0. The molecule has 1 heterocycles. The van der Waals surface area contributed by atoms with Gasteiger partial charge in [-0.25, -0.2) is 24.6 Å². The van der Waals surface area contributed by atoms with Gasteiger partial charge in [-0.05, 0) is 90.7 Å². The summed E-state index contributed by atoms with van der Waals surface area (Å²) in [6.07, 6.45) is 0. The summed E-state index contributed by atoms with van der Waals surface area (Å²) >= 11 is 0. The second-order valence-corrected chi connectivity index (χ2v) is 14.1. The number of hydrogen-bond acceptors (Lipinski definition) is 4. The van der Waals surface area contributed by atoms with E-state index in [4.69, 9.17) is 28.1 Å². The normalized spacial score (nSPS) is 11.1. The molecule has 58 heavy (non-hydrogen) atoms. The fraction of sp³-hybridized carbons (Fsp3) is 0. The van der Waals surface area contributed by atoms with E-state index in [1.54, 1.807) is 24.3 Å². The van der Waals surface area contributed by atoms with Crippen LogP contribution in [-0.4, -0.2) is 15.0 Å².